The van der Waals surface area contributed by atoms with Gasteiger partial charge < -0.3 is 9.47 Å². The number of ketones is 1. The van der Waals surface area contributed by atoms with Gasteiger partial charge in [0.2, 0.25) is 0 Å². The van der Waals surface area contributed by atoms with Crippen LogP contribution in [0.2, 0.25) is 5.02 Å². The molecule has 0 amide bonds. The summed E-state index contributed by atoms with van der Waals surface area (Å²) in [6.07, 6.45) is 0. The highest BCUT2D eigenvalue weighted by Crippen LogP contribution is 2.30. The molecule has 0 N–H and O–H groups in total. The minimum atomic E-state index is -0.0273. The second-order valence-electron chi connectivity index (χ2n) is 4.38. The molecule has 0 saturated carbocycles. The van der Waals surface area contributed by atoms with Crippen LogP contribution >= 0.6 is 11.6 Å². The number of halogens is 1. The van der Waals surface area contributed by atoms with E-state index in [4.69, 9.17) is 21.1 Å². The Bertz CT molecular complexity index is 623. The molecule has 0 spiro atoms. The zero-order valence-corrected chi connectivity index (χ0v) is 12.1. The third-order valence-electron chi connectivity index (χ3n) is 2.78. The van der Waals surface area contributed by atoms with Gasteiger partial charge in [-0.25, -0.2) is 0 Å². The maximum absolute atomic E-state index is 11.3. The fraction of sp³-hybridized carbons (Fsp3) is 0.188. The third kappa shape index (κ3) is 3.59. The summed E-state index contributed by atoms with van der Waals surface area (Å²) in [7, 11) is 1.64. The molecule has 0 aliphatic carbocycles. The SMILES string of the molecule is COCc1cccc(Oc2ccc(C(C)=O)cc2Cl)c1. The Hall–Kier alpha value is -1.84. The van der Waals surface area contributed by atoms with E-state index in [1.165, 1.54) is 6.92 Å². The highest BCUT2D eigenvalue weighted by molar-refractivity contribution is 6.32. The van der Waals surface area contributed by atoms with Crippen molar-refractivity contribution in [1.82, 2.24) is 0 Å². The van der Waals surface area contributed by atoms with Crippen molar-refractivity contribution in [2.24, 2.45) is 0 Å². The van der Waals surface area contributed by atoms with E-state index in [1.54, 1.807) is 25.3 Å². The molecule has 104 valence electrons. The summed E-state index contributed by atoms with van der Waals surface area (Å²) in [6, 6.07) is 12.6. The number of benzene rings is 2. The zero-order chi connectivity index (χ0) is 14.5. The van der Waals surface area contributed by atoms with E-state index in [2.05, 4.69) is 0 Å². The molecule has 0 heterocycles. The normalized spacial score (nSPS) is 10.3. The summed E-state index contributed by atoms with van der Waals surface area (Å²) >= 11 is 6.12. The Balaban J connectivity index is 2.21. The Kier molecular flexibility index (Phi) is 4.77. The molecule has 0 aromatic heterocycles. The number of carbonyl (C=O) groups excluding carboxylic acids is 1. The van der Waals surface area contributed by atoms with Crippen LogP contribution in [0.5, 0.6) is 11.5 Å². The van der Waals surface area contributed by atoms with Gasteiger partial charge >= 0.3 is 0 Å². The summed E-state index contributed by atoms with van der Waals surface area (Å²) in [6.45, 7) is 2.02. The second-order valence-corrected chi connectivity index (χ2v) is 4.79. The van der Waals surface area contributed by atoms with Crippen molar-refractivity contribution in [2.75, 3.05) is 7.11 Å². The van der Waals surface area contributed by atoms with Gasteiger partial charge in [0.25, 0.3) is 0 Å². The molecule has 0 unspecified atom stereocenters. The van der Waals surface area contributed by atoms with Crippen LogP contribution in [0.25, 0.3) is 0 Å². The van der Waals surface area contributed by atoms with Gasteiger partial charge in [-0.15, -0.1) is 0 Å². The predicted octanol–water partition coefficient (Wildman–Crippen LogP) is 4.48. The molecule has 0 radical (unpaired) electrons. The number of rotatable bonds is 5. The van der Waals surface area contributed by atoms with Crippen molar-refractivity contribution in [3.05, 3.63) is 58.6 Å². The minimum absolute atomic E-state index is 0.0273. The minimum Gasteiger partial charge on any atom is -0.456 e. The van der Waals surface area contributed by atoms with Gasteiger partial charge in [0, 0.05) is 12.7 Å². The van der Waals surface area contributed by atoms with Crippen LogP contribution in [-0.2, 0) is 11.3 Å². The fourth-order valence-electron chi connectivity index (χ4n) is 1.79. The van der Waals surface area contributed by atoms with Crippen LogP contribution in [0, 0.1) is 0 Å². The maximum Gasteiger partial charge on any atom is 0.159 e. The molecule has 20 heavy (non-hydrogen) atoms. The van der Waals surface area contributed by atoms with Gasteiger partial charge in [-0.1, -0.05) is 23.7 Å². The fourth-order valence-corrected chi connectivity index (χ4v) is 2.01. The average molecular weight is 291 g/mol. The third-order valence-corrected chi connectivity index (χ3v) is 3.07. The Morgan fingerprint density at radius 2 is 2.00 bits per heavy atom. The van der Waals surface area contributed by atoms with E-state index in [9.17, 15) is 4.79 Å². The Labute approximate surface area is 123 Å². The first-order chi connectivity index (χ1) is 9.60. The van der Waals surface area contributed by atoms with Crippen molar-refractivity contribution in [3.8, 4) is 11.5 Å². The van der Waals surface area contributed by atoms with E-state index in [0.717, 1.165) is 5.56 Å². The van der Waals surface area contributed by atoms with E-state index >= 15 is 0 Å². The van der Waals surface area contributed by atoms with Gasteiger partial charge in [0.05, 0.1) is 11.6 Å². The lowest BCUT2D eigenvalue weighted by atomic mass is 10.1. The Morgan fingerprint density at radius 3 is 2.65 bits per heavy atom. The van der Waals surface area contributed by atoms with Crippen molar-refractivity contribution in [3.63, 3.8) is 0 Å². The predicted molar refractivity (Wildman–Crippen MR) is 78.7 cm³/mol. The molecular formula is C16H15ClO3. The van der Waals surface area contributed by atoms with Crippen LogP contribution in [-0.4, -0.2) is 12.9 Å². The van der Waals surface area contributed by atoms with E-state index < -0.39 is 0 Å². The van der Waals surface area contributed by atoms with E-state index in [1.807, 2.05) is 24.3 Å². The molecule has 0 aliphatic heterocycles. The van der Waals surface area contributed by atoms with Gasteiger partial charge in [-0.05, 0) is 42.8 Å². The van der Waals surface area contributed by atoms with E-state index in [-0.39, 0.29) is 5.78 Å². The van der Waals surface area contributed by atoms with Crippen LogP contribution in [0.3, 0.4) is 0 Å². The summed E-state index contributed by atoms with van der Waals surface area (Å²) in [4.78, 5) is 11.3. The second kappa shape index (κ2) is 6.55. The van der Waals surface area contributed by atoms with Gasteiger partial charge in [-0.2, -0.15) is 0 Å². The molecule has 0 saturated heterocycles. The summed E-state index contributed by atoms with van der Waals surface area (Å²) in [5, 5.41) is 0.412. The first-order valence-corrected chi connectivity index (χ1v) is 6.54. The summed E-state index contributed by atoms with van der Waals surface area (Å²) in [5.74, 6) is 1.17. The molecule has 4 heteroatoms. The van der Waals surface area contributed by atoms with Gasteiger partial charge in [0.15, 0.2) is 5.78 Å². The number of carbonyl (C=O) groups is 1. The van der Waals surface area contributed by atoms with E-state index in [0.29, 0.717) is 28.7 Å². The van der Waals surface area contributed by atoms with Crippen molar-refractivity contribution >= 4 is 17.4 Å². The first kappa shape index (κ1) is 14.6. The maximum atomic E-state index is 11.3. The molecule has 0 bridgehead atoms. The lowest BCUT2D eigenvalue weighted by Crippen LogP contribution is -1.93. The molecular weight excluding hydrogens is 276 g/mol. The molecule has 2 rings (SSSR count). The molecule has 0 aliphatic rings. The lowest BCUT2D eigenvalue weighted by Gasteiger charge is -2.09. The molecule has 0 fully saturated rings. The summed E-state index contributed by atoms with van der Waals surface area (Å²) < 4.78 is 10.8. The van der Waals surface area contributed by atoms with Crippen molar-refractivity contribution in [1.29, 1.82) is 0 Å². The molecule has 2 aromatic carbocycles. The standard InChI is InChI=1S/C16H15ClO3/c1-11(18)13-6-7-16(15(17)9-13)20-14-5-3-4-12(8-14)10-19-2/h3-9H,10H2,1-2H3. The van der Waals surface area contributed by atoms with Gasteiger partial charge in [0.1, 0.15) is 11.5 Å². The molecule has 2 aromatic rings. The number of hydrogen-bond acceptors (Lipinski definition) is 3. The smallest absolute Gasteiger partial charge is 0.159 e. The quantitative estimate of drug-likeness (QED) is 0.762. The first-order valence-electron chi connectivity index (χ1n) is 6.16. The molecule has 0 atom stereocenters. The van der Waals surface area contributed by atoms with Gasteiger partial charge in [-0.3, -0.25) is 4.79 Å². The van der Waals surface area contributed by atoms with Crippen LogP contribution < -0.4 is 4.74 Å². The lowest BCUT2D eigenvalue weighted by molar-refractivity contribution is 0.101. The largest absolute Gasteiger partial charge is 0.456 e. The average Bonchev–Trinajstić information content (AvgIpc) is 2.42. The van der Waals surface area contributed by atoms with Crippen molar-refractivity contribution in [2.45, 2.75) is 13.5 Å². The topological polar surface area (TPSA) is 35.5 Å². The zero-order valence-electron chi connectivity index (χ0n) is 11.4. The summed E-state index contributed by atoms with van der Waals surface area (Å²) in [5.41, 5.74) is 1.58. The number of ether oxygens (including phenoxy) is 2. The van der Waals surface area contributed by atoms with Crippen LogP contribution in [0.1, 0.15) is 22.8 Å². The number of hydrogen-bond donors (Lipinski definition) is 0. The van der Waals surface area contributed by atoms with Crippen LogP contribution in [0.4, 0.5) is 0 Å². The molecule has 3 nitrogen and oxygen atoms in total. The number of Topliss-reactive ketones (excluding diaryl/α,β-unsaturated/α-hetero) is 1. The number of methoxy groups -OCH3 is 1. The van der Waals surface area contributed by atoms with Crippen molar-refractivity contribution < 1.29 is 14.3 Å². The highest BCUT2D eigenvalue weighted by Gasteiger charge is 2.07. The Morgan fingerprint density at radius 1 is 1.20 bits per heavy atom. The highest BCUT2D eigenvalue weighted by atomic mass is 35.5. The monoisotopic (exact) mass is 290 g/mol. The van der Waals surface area contributed by atoms with Crippen LogP contribution in [0.15, 0.2) is 42.5 Å².